The highest BCUT2D eigenvalue weighted by Gasteiger charge is 2.20. The largest absolute Gasteiger partial charge is 0.296 e. The summed E-state index contributed by atoms with van der Waals surface area (Å²) in [4.78, 5) is 12.3. The highest BCUT2D eigenvalue weighted by atomic mass is 32.1. The fourth-order valence-corrected chi connectivity index (χ4v) is 2.66. The number of aromatic nitrogens is 2. The lowest BCUT2D eigenvalue weighted by molar-refractivity contribution is 0.102. The van der Waals surface area contributed by atoms with Gasteiger partial charge < -0.3 is 0 Å². The maximum atomic E-state index is 12.3. The number of carbonyl (C=O) groups excluding carboxylic acids is 1. The van der Waals surface area contributed by atoms with Gasteiger partial charge in [0.15, 0.2) is 0 Å². The van der Waals surface area contributed by atoms with Crippen LogP contribution in [0, 0.1) is 0 Å². The fraction of sp³-hybridized carbons (Fsp3) is 0.471. The molecule has 0 aliphatic heterocycles. The van der Waals surface area contributed by atoms with Crippen molar-refractivity contribution in [3.63, 3.8) is 0 Å². The average molecular weight is 317 g/mol. The van der Waals surface area contributed by atoms with E-state index in [1.807, 2.05) is 24.3 Å². The van der Waals surface area contributed by atoms with Crippen LogP contribution in [0.25, 0.3) is 0 Å². The molecular weight excluding hydrogens is 294 g/mol. The Bertz CT molecular complexity index is 660. The summed E-state index contributed by atoms with van der Waals surface area (Å²) in [6, 6.07) is 7.69. The number of nitrogens with one attached hydrogen (secondary N) is 1. The molecular formula is C17H23N3OS. The summed E-state index contributed by atoms with van der Waals surface area (Å²) in [6.45, 7) is 12.7. The molecule has 22 heavy (non-hydrogen) atoms. The number of carbonyl (C=O) groups is 1. The lowest BCUT2D eigenvalue weighted by atomic mass is 9.87. The number of amides is 1. The highest BCUT2D eigenvalue weighted by molar-refractivity contribution is 7.15. The van der Waals surface area contributed by atoms with E-state index in [9.17, 15) is 4.79 Å². The Morgan fingerprint density at radius 1 is 0.955 bits per heavy atom. The van der Waals surface area contributed by atoms with Crippen molar-refractivity contribution in [1.82, 2.24) is 10.2 Å². The fourth-order valence-electron chi connectivity index (χ4n) is 1.87. The van der Waals surface area contributed by atoms with Crippen molar-refractivity contribution in [2.45, 2.75) is 52.4 Å². The molecule has 4 nitrogen and oxygen atoms in total. The van der Waals surface area contributed by atoms with E-state index in [2.05, 4.69) is 57.1 Å². The third-order valence-electron chi connectivity index (χ3n) is 3.30. The summed E-state index contributed by atoms with van der Waals surface area (Å²) in [7, 11) is 0. The van der Waals surface area contributed by atoms with Crippen LogP contribution < -0.4 is 5.32 Å². The molecule has 0 aliphatic carbocycles. The minimum atomic E-state index is -0.155. The molecule has 118 valence electrons. The molecule has 1 N–H and O–H groups in total. The first-order valence-corrected chi connectivity index (χ1v) is 8.15. The number of anilines is 1. The molecule has 1 aromatic carbocycles. The molecule has 0 saturated carbocycles. The van der Waals surface area contributed by atoms with E-state index >= 15 is 0 Å². The van der Waals surface area contributed by atoms with E-state index in [1.54, 1.807) is 0 Å². The van der Waals surface area contributed by atoms with Crippen molar-refractivity contribution in [3.05, 3.63) is 40.4 Å². The lowest BCUT2D eigenvalue weighted by Gasteiger charge is -2.18. The molecule has 0 atom stereocenters. The van der Waals surface area contributed by atoms with Crippen LogP contribution >= 0.6 is 11.3 Å². The van der Waals surface area contributed by atoms with Gasteiger partial charge in [-0.25, -0.2) is 0 Å². The van der Waals surface area contributed by atoms with Crippen molar-refractivity contribution in [1.29, 1.82) is 0 Å². The summed E-state index contributed by atoms with van der Waals surface area (Å²) < 4.78 is 0. The van der Waals surface area contributed by atoms with Gasteiger partial charge in [-0.1, -0.05) is 65.0 Å². The van der Waals surface area contributed by atoms with Crippen molar-refractivity contribution >= 4 is 22.4 Å². The number of hydrogen-bond donors (Lipinski definition) is 1. The molecule has 0 spiro atoms. The molecule has 2 rings (SSSR count). The third kappa shape index (κ3) is 3.91. The van der Waals surface area contributed by atoms with Crippen molar-refractivity contribution in [2.24, 2.45) is 0 Å². The van der Waals surface area contributed by atoms with E-state index in [1.165, 1.54) is 16.9 Å². The van der Waals surface area contributed by atoms with Gasteiger partial charge in [0.05, 0.1) is 0 Å². The smallest absolute Gasteiger partial charge is 0.257 e. The second kappa shape index (κ2) is 5.80. The molecule has 0 saturated heterocycles. The van der Waals surface area contributed by atoms with E-state index in [0.717, 1.165) is 5.01 Å². The number of nitrogens with zero attached hydrogens (tertiary/aromatic N) is 2. The Hall–Kier alpha value is -1.75. The van der Waals surface area contributed by atoms with Crippen molar-refractivity contribution < 1.29 is 4.79 Å². The zero-order valence-electron chi connectivity index (χ0n) is 14.0. The molecule has 0 bridgehead atoms. The van der Waals surface area contributed by atoms with Gasteiger partial charge in [-0.2, -0.15) is 0 Å². The van der Waals surface area contributed by atoms with E-state index in [4.69, 9.17) is 0 Å². The summed E-state index contributed by atoms with van der Waals surface area (Å²) in [5.41, 5.74) is 1.85. The van der Waals surface area contributed by atoms with Gasteiger partial charge in [0, 0.05) is 11.0 Å². The van der Waals surface area contributed by atoms with E-state index in [-0.39, 0.29) is 16.7 Å². The Morgan fingerprint density at radius 2 is 1.55 bits per heavy atom. The third-order valence-corrected chi connectivity index (χ3v) is 4.56. The molecule has 5 heteroatoms. The SMILES string of the molecule is CC(C)(C)c1ccc(C(=O)Nc2nnc(C(C)(C)C)s2)cc1. The Labute approximate surface area is 136 Å². The Balaban J connectivity index is 2.11. The summed E-state index contributed by atoms with van der Waals surface area (Å²) >= 11 is 1.42. The first kappa shape index (κ1) is 16.6. The summed E-state index contributed by atoms with van der Waals surface area (Å²) in [5.74, 6) is -0.155. The van der Waals surface area contributed by atoms with Crippen LogP contribution in [0.1, 0.15) is 62.5 Å². The van der Waals surface area contributed by atoms with Crippen LogP contribution in [-0.2, 0) is 10.8 Å². The average Bonchev–Trinajstić information content (AvgIpc) is 2.86. The maximum absolute atomic E-state index is 12.3. The van der Waals surface area contributed by atoms with Crippen LogP contribution in [0.15, 0.2) is 24.3 Å². The standard InChI is InChI=1S/C17H23N3OS/c1-16(2,3)12-9-7-11(8-10-12)13(21)18-15-20-19-14(22-15)17(4,5)6/h7-10H,1-6H3,(H,18,20,21). The second-order valence-electron chi connectivity index (χ2n) is 7.44. The second-order valence-corrected chi connectivity index (χ2v) is 8.42. The molecule has 0 aliphatic rings. The van der Waals surface area contributed by atoms with Crippen molar-refractivity contribution in [2.75, 3.05) is 5.32 Å². The number of hydrogen-bond acceptors (Lipinski definition) is 4. The Kier molecular flexibility index (Phi) is 4.38. The molecule has 1 heterocycles. The maximum Gasteiger partial charge on any atom is 0.257 e. The quantitative estimate of drug-likeness (QED) is 0.894. The number of benzene rings is 1. The summed E-state index contributed by atoms with van der Waals surface area (Å²) in [6.07, 6.45) is 0. The van der Waals surface area contributed by atoms with Gasteiger partial charge in [0.2, 0.25) is 5.13 Å². The molecule has 0 unspecified atom stereocenters. The minimum absolute atomic E-state index is 0.0605. The molecule has 1 amide bonds. The normalized spacial score (nSPS) is 12.3. The zero-order chi connectivity index (χ0) is 16.5. The molecule has 0 radical (unpaired) electrons. The van der Waals surface area contributed by atoms with Crippen molar-refractivity contribution in [3.8, 4) is 0 Å². The van der Waals surface area contributed by atoms with Crippen LogP contribution in [-0.4, -0.2) is 16.1 Å². The summed E-state index contributed by atoms with van der Waals surface area (Å²) in [5, 5.41) is 12.4. The van der Waals surface area contributed by atoms with Gasteiger partial charge in [-0.05, 0) is 23.1 Å². The van der Waals surface area contributed by atoms with Crippen LogP contribution in [0.4, 0.5) is 5.13 Å². The van der Waals surface area contributed by atoms with Gasteiger partial charge >= 0.3 is 0 Å². The predicted octanol–water partition coefficient (Wildman–Crippen LogP) is 4.39. The van der Waals surface area contributed by atoms with Crippen LogP contribution in [0.2, 0.25) is 0 Å². The van der Waals surface area contributed by atoms with E-state index < -0.39 is 0 Å². The van der Waals surface area contributed by atoms with Crippen LogP contribution in [0.3, 0.4) is 0 Å². The van der Waals surface area contributed by atoms with Gasteiger partial charge in [0.1, 0.15) is 5.01 Å². The van der Waals surface area contributed by atoms with Crippen LogP contribution in [0.5, 0.6) is 0 Å². The predicted molar refractivity (Wildman–Crippen MR) is 91.7 cm³/mol. The van der Waals surface area contributed by atoms with Gasteiger partial charge in [0.25, 0.3) is 5.91 Å². The highest BCUT2D eigenvalue weighted by Crippen LogP contribution is 2.28. The number of rotatable bonds is 2. The molecule has 2 aromatic rings. The Morgan fingerprint density at radius 3 is 2.00 bits per heavy atom. The lowest BCUT2D eigenvalue weighted by Crippen LogP contribution is -2.14. The van der Waals surface area contributed by atoms with Gasteiger partial charge in [-0.15, -0.1) is 10.2 Å². The van der Waals surface area contributed by atoms with E-state index in [0.29, 0.717) is 10.7 Å². The minimum Gasteiger partial charge on any atom is -0.296 e. The first-order valence-electron chi connectivity index (χ1n) is 7.33. The topological polar surface area (TPSA) is 54.9 Å². The molecule has 0 fully saturated rings. The zero-order valence-corrected chi connectivity index (χ0v) is 14.8. The van der Waals surface area contributed by atoms with Gasteiger partial charge in [-0.3, -0.25) is 10.1 Å². The molecule has 1 aromatic heterocycles. The monoisotopic (exact) mass is 317 g/mol. The first-order chi connectivity index (χ1) is 10.1.